The zero-order valence-electron chi connectivity index (χ0n) is 12.3. The number of piperidine rings is 1. The molecule has 0 aliphatic carbocycles. The fourth-order valence-corrected chi connectivity index (χ4v) is 2.30. The minimum atomic E-state index is -0.981. The van der Waals surface area contributed by atoms with Gasteiger partial charge in [-0.1, -0.05) is 6.58 Å². The number of aliphatic hydroxyl groups is 1. The second-order valence-corrected chi connectivity index (χ2v) is 6.26. The average molecular weight is 285 g/mol. The van der Waals surface area contributed by atoms with Gasteiger partial charge in [0.1, 0.15) is 5.60 Å². The molecule has 0 aromatic carbocycles. The maximum Gasteiger partial charge on any atom is 0.410 e. The van der Waals surface area contributed by atoms with Crippen LogP contribution in [-0.4, -0.2) is 45.9 Å². The summed E-state index contributed by atoms with van der Waals surface area (Å²) in [5, 5.41) is 18.6. The van der Waals surface area contributed by atoms with E-state index in [4.69, 9.17) is 9.84 Å². The monoisotopic (exact) mass is 285 g/mol. The van der Waals surface area contributed by atoms with Gasteiger partial charge in [-0.2, -0.15) is 0 Å². The fraction of sp³-hybridized carbons (Fsp3) is 0.714. The van der Waals surface area contributed by atoms with Gasteiger partial charge in [-0.3, -0.25) is 4.79 Å². The van der Waals surface area contributed by atoms with E-state index in [9.17, 15) is 14.7 Å². The lowest BCUT2D eigenvalue weighted by atomic mass is 9.74. The van der Waals surface area contributed by atoms with Crippen molar-refractivity contribution in [2.24, 2.45) is 5.41 Å². The van der Waals surface area contributed by atoms with Crippen LogP contribution in [0.5, 0.6) is 0 Å². The Morgan fingerprint density at radius 3 is 2.10 bits per heavy atom. The number of allylic oxidation sites excluding steroid dienone is 1. The minimum absolute atomic E-state index is 0.122. The first-order valence-electron chi connectivity index (χ1n) is 6.64. The van der Waals surface area contributed by atoms with E-state index in [1.165, 1.54) is 4.90 Å². The largest absolute Gasteiger partial charge is 0.512 e. The van der Waals surface area contributed by atoms with E-state index >= 15 is 0 Å². The number of hydrogen-bond donors (Lipinski definition) is 2. The van der Waals surface area contributed by atoms with Crippen LogP contribution in [0.1, 0.15) is 40.0 Å². The minimum Gasteiger partial charge on any atom is -0.512 e. The van der Waals surface area contributed by atoms with Crippen LogP contribution in [0.3, 0.4) is 0 Å². The number of carbonyl (C=O) groups excluding carboxylic acids is 1. The average Bonchev–Trinajstić information content (AvgIpc) is 2.26. The van der Waals surface area contributed by atoms with Crippen molar-refractivity contribution in [1.82, 2.24) is 4.90 Å². The van der Waals surface area contributed by atoms with Crippen molar-refractivity contribution < 1.29 is 24.5 Å². The molecule has 0 atom stereocenters. The summed E-state index contributed by atoms with van der Waals surface area (Å²) in [5.41, 5.74) is -1.41. The number of aliphatic hydroxyl groups excluding tert-OH is 1. The number of aliphatic carboxylic acids is 1. The van der Waals surface area contributed by atoms with Gasteiger partial charge in [0.05, 0.1) is 12.2 Å². The third kappa shape index (κ3) is 4.15. The van der Waals surface area contributed by atoms with Gasteiger partial charge in [-0.05, 0) is 33.6 Å². The first-order valence-corrected chi connectivity index (χ1v) is 6.64. The maximum atomic E-state index is 11.9. The molecule has 6 nitrogen and oxygen atoms in total. The Morgan fingerprint density at radius 2 is 1.75 bits per heavy atom. The van der Waals surface area contributed by atoms with Crippen LogP contribution < -0.4 is 0 Å². The van der Waals surface area contributed by atoms with Crippen LogP contribution in [0.15, 0.2) is 12.3 Å². The Balaban J connectivity index is 2.67. The zero-order chi connectivity index (χ0) is 15.6. The van der Waals surface area contributed by atoms with Crippen LogP contribution in [0.25, 0.3) is 0 Å². The first kappa shape index (κ1) is 16.3. The topological polar surface area (TPSA) is 87.1 Å². The number of ether oxygens (including phenoxy) is 1. The highest BCUT2D eigenvalue weighted by atomic mass is 16.6. The third-order valence-electron chi connectivity index (χ3n) is 3.47. The summed E-state index contributed by atoms with van der Waals surface area (Å²) >= 11 is 0. The van der Waals surface area contributed by atoms with E-state index in [1.54, 1.807) is 20.8 Å². The van der Waals surface area contributed by atoms with Gasteiger partial charge < -0.3 is 19.8 Å². The van der Waals surface area contributed by atoms with Crippen molar-refractivity contribution in [3.05, 3.63) is 12.3 Å². The molecule has 1 aliphatic rings. The van der Waals surface area contributed by atoms with Gasteiger partial charge in [0.2, 0.25) is 0 Å². The van der Waals surface area contributed by atoms with Crippen molar-refractivity contribution in [2.75, 3.05) is 13.1 Å². The molecule has 2 N–H and O–H groups in total. The van der Waals surface area contributed by atoms with Crippen LogP contribution in [0, 0.1) is 5.41 Å². The predicted molar refractivity (Wildman–Crippen MR) is 73.5 cm³/mol. The molecule has 0 aromatic rings. The highest BCUT2D eigenvalue weighted by Crippen LogP contribution is 2.40. The molecule has 6 heteroatoms. The van der Waals surface area contributed by atoms with Gasteiger partial charge >= 0.3 is 12.1 Å². The Labute approximate surface area is 119 Å². The lowest BCUT2D eigenvalue weighted by molar-refractivity contribution is -0.140. The number of likely N-dealkylation sites (tertiary alicyclic amines) is 1. The van der Waals surface area contributed by atoms with Crippen LogP contribution in [0.2, 0.25) is 0 Å². The van der Waals surface area contributed by atoms with Crippen molar-refractivity contribution in [3.63, 3.8) is 0 Å². The second-order valence-electron chi connectivity index (χ2n) is 6.26. The molecule has 1 amide bonds. The molecule has 0 saturated carbocycles. The van der Waals surface area contributed by atoms with E-state index in [1.807, 2.05) is 0 Å². The molecule has 0 bridgehead atoms. The Kier molecular flexibility index (Phi) is 4.68. The Morgan fingerprint density at radius 1 is 1.25 bits per heavy atom. The van der Waals surface area contributed by atoms with Crippen molar-refractivity contribution in [2.45, 2.75) is 45.6 Å². The molecule has 1 rings (SSSR count). The summed E-state index contributed by atoms with van der Waals surface area (Å²) < 4.78 is 5.27. The summed E-state index contributed by atoms with van der Waals surface area (Å²) in [6.45, 7) is 9.56. The molecule has 1 fully saturated rings. The molecule has 1 saturated heterocycles. The van der Waals surface area contributed by atoms with Crippen LogP contribution >= 0.6 is 0 Å². The number of carboxylic acid groups (broad SMARTS) is 1. The van der Waals surface area contributed by atoms with Crippen molar-refractivity contribution in [1.29, 1.82) is 0 Å². The van der Waals surface area contributed by atoms with Gasteiger partial charge in [-0.25, -0.2) is 4.79 Å². The lowest BCUT2D eigenvalue weighted by Gasteiger charge is -2.40. The summed E-state index contributed by atoms with van der Waals surface area (Å²) in [5.74, 6) is -1.10. The normalized spacial score (nSPS) is 18.4. The summed E-state index contributed by atoms with van der Waals surface area (Å²) in [4.78, 5) is 24.4. The van der Waals surface area contributed by atoms with E-state index in [-0.39, 0.29) is 12.2 Å². The molecule has 114 valence electrons. The molecular weight excluding hydrogens is 262 g/mol. The molecular formula is C14H23NO5. The molecule has 20 heavy (non-hydrogen) atoms. The van der Waals surface area contributed by atoms with Crippen LogP contribution in [0.4, 0.5) is 4.79 Å². The maximum absolute atomic E-state index is 11.9. The number of nitrogens with zero attached hydrogens (tertiary/aromatic N) is 1. The lowest BCUT2D eigenvalue weighted by Crippen LogP contribution is -2.46. The zero-order valence-corrected chi connectivity index (χ0v) is 12.3. The first-order chi connectivity index (χ1) is 9.06. The number of carbonyl (C=O) groups is 2. The van der Waals surface area contributed by atoms with Gasteiger partial charge in [-0.15, -0.1) is 0 Å². The number of amides is 1. The summed E-state index contributed by atoms with van der Waals surface area (Å²) in [6.07, 6.45) is 0.150. The summed E-state index contributed by atoms with van der Waals surface area (Å²) in [7, 11) is 0. The molecule has 0 spiro atoms. The third-order valence-corrected chi connectivity index (χ3v) is 3.47. The molecule has 0 aromatic heterocycles. The molecule has 1 aliphatic heterocycles. The number of hydrogen-bond acceptors (Lipinski definition) is 4. The smallest absolute Gasteiger partial charge is 0.410 e. The van der Waals surface area contributed by atoms with Gasteiger partial charge in [0.25, 0.3) is 0 Å². The molecule has 0 radical (unpaired) electrons. The molecule has 1 heterocycles. The van der Waals surface area contributed by atoms with E-state index in [0.717, 1.165) is 0 Å². The molecule has 0 unspecified atom stereocenters. The van der Waals surface area contributed by atoms with Crippen LogP contribution in [-0.2, 0) is 9.53 Å². The van der Waals surface area contributed by atoms with Gasteiger partial charge in [0, 0.05) is 18.5 Å². The predicted octanol–water partition coefficient (Wildman–Crippen LogP) is 2.55. The van der Waals surface area contributed by atoms with Crippen molar-refractivity contribution in [3.8, 4) is 0 Å². The second kappa shape index (κ2) is 5.73. The number of rotatable bonds is 3. The highest BCUT2D eigenvalue weighted by Gasteiger charge is 2.41. The fourth-order valence-electron chi connectivity index (χ4n) is 2.30. The quantitative estimate of drug-likeness (QED) is 0.778. The van der Waals surface area contributed by atoms with Crippen molar-refractivity contribution >= 4 is 12.1 Å². The Hall–Kier alpha value is -1.72. The van der Waals surface area contributed by atoms with Gasteiger partial charge in [0.15, 0.2) is 0 Å². The number of carboxylic acids is 1. The van der Waals surface area contributed by atoms with E-state index < -0.39 is 23.1 Å². The van der Waals surface area contributed by atoms with E-state index in [0.29, 0.717) is 25.9 Å². The van der Waals surface area contributed by atoms with E-state index in [2.05, 4.69) is 6.58 Å². The SMILES string of the molecule is C=C(O)C1(CC(=O)O)CCN(C(=O)OC(C)(C)C)CC1. The highest BCUT2D eigenvalue weighted by molar-refractivity contribution is 5.69. The Bertz CT molecular complexity index is 402. The summed E-state index contributed by atoms with van der Waals surface area (Å²) in [6, 6.07) is 0. The standard InChI is InChI=1S/C14H23NO5/c1-10(16)14(9-11(17)18)5-7-15(8-6-14)12(19)20-13(2,3)4/h16H,1,5-9H2,2-4H3,(H,17,18).